The summed E-state index contributed by atoms with van der Waals surface area (Å²) in [6.45, 7) is 0. The first kappa shape index (κ1) is 12.4. The molecule has 1 atom stereocenters. The lowest BCUT2D eigenvalue weighted by molar-refractivity contribution is 0.594. The molecule has 84 valence electrons. The van der Waals surface area contributed by atoms with Crippen LogP contribution in [0.25, 0.3) is 0 Å². The minimum Gasteiger partial charge on any atom is -0.244 e. The van der Waals surface area contributed by atoms with Crippen molar-refractivity contribution in [3.8, 4) is 0 Å². The normalized spacial score (nSPS) is 15.7. The molecule has 0 unspecified atom stereocenters. The number of nitrogens with zero attached hydrogens (tertiary/aromatic N) is 1. The van der Waals surface area contributed by atoms with Crippen LogP contribution >= 0.6 is 10.7 Å². The Morgan fingerprint density at radius 3 is 2.27 bits per heavy atom. The molecule has 0 amide bonds. The van der Waals surface area contributed by atoms with Gasteiger partial charge in [0.25, 0.3) is 0 Å². The average Bonchev–Trinajstić information content (AvgIpc) is 1.99. The summed E-state index contributed by atoms with van der Waals surface area (Å²) < 4.78 is 49.1. The van der Waals surface area contributed by atoms with Gasteiger partial charge in [0.05, 0.1) is 14.6 Å². The van der Waals surface area contributed by atoms with E-state index in [0.717, 1.165) is 12.3 Å². The Balaban J connectivity index is 3.50. The van der Waals surface area contributed by atoms with E-state index in [2.05, 4.69) is 3.77 Å². The Bertz CT molecular complexity index is 590. The molecule has 0 aliphatic rings. The number of rotatable bonds is 2. The molecule has 4 nitrogen and oxygen atoms in total. The monoisotopic (exact) mass is 271 g/mol. The van der Waals surface area contributed by atoms with Crippen LogP contribution in [-0.4, -0.2) is 18.9 Å². The number of halogens is 2. The lowest BCUT2D eigenvalue weighted by Crippen LogP contribution is -2.02. The van der Waals surface area contributed by atoms with Crippen molar-refractivity contribution in [2.24, 2.45) is 3.77 Å². The smallest absolute Gasteiger partial charge is 0.244 e. The SMILES string of the molecule is C[S@](=O)(=NS(=O)(=O)Cl)c1ccccc1F. The summed E-state index contributed by atoms with van der Waals surface area (Å²) in [7, 11) is -2.84. The fourth-order valence-corrected chi connectivity index (χ4v) is 4.37. The van der Waals surface area contributed by atoms with Gasteiger partial charge in [-0.2, -0.15) is 8.42 Å². The predicted molar refractivity (Wildman–Crippen MR) is 55.9 cm³/mol. The van der Waals surface area contributed by atoms with Crippen LogP contribution in [-0.2, 0) is 19.0 Å². The minimum atomic E-state index is -4.29. The van der Waals surface area contributed by atoms with E-state index in [1.807, 2.05) is 0 Å². The lowest BCUT2D eigenvalue weighted by Gasteiger charge is -2.03. The van der Waals surface area contributed by atoms with E-state index in [4.69, 9.17) is 10.7 Å². The van der Waals surface area contributed by atoms with Gasteiger partial charge in [-0.1, -0.05) is 15.9 Å². The highest BCUT2D eigenvalue weighted by Crippen LogP contribution is 2.17. The summed E-state index contributed by atoms with van der Waals surface area (Å²) in [5.74, 6) is -0.783. The summed E-state index contributed by atoms with van der Waals surface area (Å²) in [4.78, 5) is -0.283. The van der Waals surface area contributed by atoms with E-state index in [-0.39, 0.29) is 4.90 Å². The van der Waals surface area contributed by atoms with Crippen molar-refractivity contribution in [1.82, 2.24) is 0 Å². The standard InChI is InChI=1S/C7H7ClFNO3S2/c1-14(11,10-15(8,12)13)7-5-3-2-4-6(7)9/h2-5H,1H3/t14-/m1/s1. The molecule has 0 fully saturated rings. The van der Waals surface area contributed by atoms with Gasteiger partial charge in [-0.05, 0) is 12.1 Å². The van der Waals surface area contributed by atoms with E-state index in [0.29, 0.717) is 0 Å². The largest absolute Gasteiger partial charge is 0.347 e. The van der Waals surface area contributed by atoms with Gasteiger partial charge in [-0.25, -0.2) is 8.60 Å². The predicted octanol–water partition coefficient (Wildman–Crippen LogP) is 1.77. The van der Waals surface area contributed by atoms with E-state index in [1.165, 1.54) is 18.2 Å². The van der Waals surface area contributed by atoms with Crippen LogP contribution in [0.3, 0.4) is 0 Å². The first-order chi connectivity index (χ1) is 6.72. The van der Waals surface area contributed by atoms with Gasteiger partial charge in [-0.15, -0.1) is 0 Å². The van der Waals surface area contributed by atoms with Crippen molar-refractivity contribution in [2.45, 2.75) is 4.90 Å². The van der Waals surface area contributed by atoms with Gasteiger partial charge in [0, 0.05) is 16.9 Å². The number of hydrogen-bond donors (Lipinski definition) is 0. The molecule has 15 heavy (non-hydrogen) atoms. The van der Waals surface area contributed by atoms with Crippen LogP contribution in [0.4, 0.5) is 4.39 Å². The quantitative estimate of drug-likeness (QED) is 0.770. The van der Waals surface area contributed by atoms with Crippen LogP contribution in [0.15, 0.2) is 32.9 Å². The summed E-state index contributed by atoms with van der Waals surface area (Å²) in [5.41, 5.74) is 0. The van der Waals surface area contributed by atoms with Crippen molar-refractivity contribution in [3.05, 3.63) is 30.1 Å². The second-order valence-electron chi connectivity index (χ2n) is 2.72. The molecule has 0 N–H and O–H groups in total. The third-order valence-electron chi connectivity index (χ3n) is 1.48. The molecule has 0 saturated heterocycles. The molecule has 1 aromatic carbocycles. The van der Waals surface area contributed by atoms with Gasteiger partial charge in [-0.3, -0.25) is 0 Å². The third-order valence-corrected chi connectivity index (χ3v) is 4.98. The van der Waals surface area contributed by atoms with Crippen molar-refractivity contribution >= 4 is 29.6 Å². The second kappa shape index (κ2) is 4.07. The summed E-state index contributed by atoms with van der Waals surface area (Å²) >= 11 is 0. The molecule has 0 aliphatic heterocycles. The summed E-state index contributed by atoms with van der Waals surface area (Å²) in [6, 6.07) is 5.08. The molecule has 0 heterocycles. The summed E-state index contributed by atoms with van der Waals surface area (Å²) in [6.07, 6.45) is 1.01. The van der Waals surface area contributed by atoms with Crippen molar-refractivity contribution in [3.63, 3.8) is 0 Å². The van der Waals surface area contributed by atoms with Crippen molar-refractivity contribution < 1.29 is 17.0 Å². The molecule has 0 aromatic heterocycles. The fourth-order valence-electron chi connectivity index (χ4n) is 0.962. The van der Waals surface area contributed by atoms with E-state index in [1.54, 1.807) is 0 Å². The van der Waals surface area contributed by atoms with Crippen LogP contribution < -0.4 is 0 Å². The van der Waals surface area contributed by atoms with Crippen LogP contribution in [0.1, 0.15) is 0 Å². The van der Waals surface area contributed by atoms with Gasteiger partial charge in [0.15, 0.2) is 0 Å². The second-order valence-corrected chi connectivity index (χ2v) is 7.35. The molecule has 1 aromatic rings. The maximum atomic E-state index is 13.2. The zero-order valence-corrected chi connectivity index (χ0v) is 9.94. The van der Waals surface area contributed by atoms with Gasteiger partial charge in [0.1, 0.15) is 5.82 Å². The molecule has 0 aliphatic carbocycles. The number of benzene rings is 1. The third kappa shape index (κ3) is 3.44. The van der Waals surface area contributed by atoms with Gasteiger partial charge in [0.2, 0.25) is 0 Å². The number of hydrogen-bond acceptors (Lipinski definition) is 3. The molecule has 1 rings (SSSR count). The summed E-state index contributed by atoms with van der Waals surface area (Å²) in [5, 5.41) is 0. The molecular formula is C7H7ClFNO3S2. The molecule has 0 saturated carbocycles. The molecule has 8 heteroatoms. The molecule has 0 radical (unpaired) electrons. The first-order valence-electron chi connectivity index (χ1n) is 3.65. The Morgan fingerprint density at radius 2 is 1.80 bits per heavy atom. The highest BCUT2D eigenvalue weighted by atomic mass is 35.7. The van der Waals surface area contributed by atoms with E-state index in [9.17, 15) is 17.0 Å². The Morgan fingerprint density at radius 1 is 1.27 bits per heavy atom. The zero-order chi connectivity index (χ0) is 11.7. The maximum Gasteiger partial charge on any atom is 0.347 e. The minimum absolute atomic E-state index is 0.283. The first-order valence-corrected chi connectivity index (χ1v) is 7.84. The Labute approximate surface area is 91.8 Å². The fraction of sp³-hybridized carbons (Fsp3) is 0.143. The average molecular weight is 272 g/mol. The highest BCUT2D eigenvalue weighted by molar-refractivity contribution is 8.17. The lowest BCUT2D eigenvalue weighted by atomic mass is 10.4. The van der Waals surface area contributed by atoms with Crippen molar-refractivity contribution in [1.29, 1.82) is 0 Å². The topological polar surface area (TPSA) is 63.6 Å². The van der Waals surface area contributed by atoms with E-state index < -0.39 is 24.8 Å². The van der Waals surface area contributed by atoms with Gasteiger partial charge < -0.3 is 0 Å². The zero-order valence-electron chi connectivity index (χ0n) is 7.55. The van der Waals surface area contributed by atoms with Gasteiger partial charge >= 0.3 is 9.24 Å². The van der Waals surface area contributed by atoms with Crippen LogP contribution in [0.5, 0.6) is 0 Å². The molecular weight excluding hydrogens is 265 g/mol. The van der Waals surface area contributed by atoms with E-state index >= 15 is 0 Å². The maximum absolute atomic E-state index is 13.2. The van der Waals surface area contributed by atoms with Crippen LogP contribution in [0.2, 0.25) is 0 Å². The molecule has 0 spiro atoms. The highest BCUT2D eigenvalue weighted by Gasteiger charge is 2.15. The van der Waals surface area contributed by atoms with Crippen molar-refractivity contribution in [2.75, 3.05) is 6.26 Å². The van der Waals surface area contributed by atoms with Crippen LogP contribution in [0, 0.1) is 5.82 Å². The molecule has 0 bridgehead atoms. The Hall–Kier alpha value is -0.660. The Kier molecular flexibility index (Phi) is 3.37.